The second kappa shape index (κ2) is 5.23. The number of nitro groups is 1. The number of nitro benzene ring substituents is 1. The van der Waals surface area contributed by atoms with Crippen LogP contribution in [-0.4, -0.2) is 27.4 Å². The second-order valence-corrected chi connectivity index (χ2v) is 4.74. The number of nitrogens with one attached hydrogen (secondary N) is 1. The molecule has 0 fully saturated rings. The van der Waals surface area contributed by atoms with E-state index in [9.17, 15) is 19.7 Å². The van der Waals surface area contributed by atoms with Crippen LogP contribution in [0.3, 0.4) is 0 Å². The molecule has 0 saturated carbocycles. The van der Waals surface area contributed by atoms with Crippen LogP contribution in [0.2, 0.25) is 5.02 Å². The first-order valence-corrected chi connectivity index (χ1v) is 5.53. The average Bonchev–Trinajstić information content (AvgIpc) is 2.27. The molecule has 0 spiro atoms. The fourth-order valence-electron chi connectivity index (χ4n) is 1.25. The Morgan fingerprint density at radius 1 is 1.42 bits per heavy atom. The highest BCUT2D eigenvalue weighted by Crippen LogP contribution is 2.23. The molecule has 1 aromatic carbocycles. The number of aliphatic carboxylic acids is 1. The summed E-state index contributed by atoms with van der Waals surface area (Å²) in [4.78, 5) is 32.9. The molecule has 19 heavy (non-hydrogen) atoms. The van der Waals surface area contributed by atoms with Crippen molar-refractivity contribution >= 4 is 29.2 Å². The lowest BCUT2D eigenvalue weighted by atomic mass is 10.0. The van der Waals surface area contributed by atoms with Crippen LogP contribution in [0.25, 0.3) is 0 Å². The smallest absolute Gasteiger partial charge is 0.328 e. The van der Waals surface area contributed by atoms with Gasteiger partial charge in [-0.05, 0) is 26.0 Å². The van der Waals surface area contributed by atoms with Crippen LogP contribution in [0.4, 0.5) is 5.69 Å². The third-order valence-electron chi connectivity index (χ3n) is 2.36. The maximum atomic E-state index is 11.9. The molecule has 102 valence electrons. The summed E-state index contributed by atoms with van der Waals surface area (Å²) in [5.74, 6) is -2.13. The van der Waals surface area contributed by atoms with Crippen molar-refractivity contribution in [2.24, 2.45) is 0 Å². The Morgan fingerprint density at radius 3 is 2.47 bits per heavy atom. The zero-order valence-corrected chi connectivity index (χ0v) is 10.9. The molecule has 0 saturated heterocycles. The Labute approximate surface area is 113 Å². The van der Waals surface area contributed by atoms with Crippen LogP contribution in [0.1, 0.15) is 24.2 Å². The van der Waals surface area contributed by atoms with Crippen LogP contribution in [0.5, 0.6) is 0 Å². The van der Waals surface area contributed by atoms with Crippen LogP contribution in [-0.2, 0) is 4.79 Å². The van der Waals surface area contributed by atoms with E-state index in [-0.39, 0.29) is 10.6 Å². The van der Waals surface area contributed by atoms with E-state index >= 15 is 0 Å². The number of hydrogen-bond donors (Lipinski definition) is 2. The molecule has 8 heteroatoms. The summed E-state index contributed by atoms with van der Waals surface area (Å²) < 4.78 is 0. The number of carbonyl (C=O) groups is 2. The molecule has 0 aliphatic rings. The van der Waals surface area contributed by atoms with E-state index in [1.807, 2.05) is 0 Å². The molecule has 0 aliphatic carbocycles. The molecule has 0 aromatic heterocycles. The zero-order valence-electron chi connectivity index (χ0n) is 10.1. The molecular weight excluding hydrogens is 276 g/mol. The van der Waals surface area contributed by atoms with Crippen molar-refractivity contribution in [2.75, 3.05) is 0 Å². The highest BCUT2D eigenvalue weighted by Gasteiger charge is 2.31. The molecule has 0 atom stereocenters. The maximum Gasteiger partial charge on any atom is 0.328 e. The number of carboxylic acids is 1. The summed E-state index contributed by atoms with van der Waals surface area (Å²) in [6.45, 7) is 2.53. The molecule has 7 nitrogen and oxygen atoms in total. The van der Waals surface area contributed by atoms with Gasteiger partial charge in [0, 0.05) is 11.1 Å². The largest absolute Gasteiger partial charge is 0.480 e. The number of carbonyl (C=O) groups excluding carboxylic acids is 1. The van der Waals surface area contributed by atoms with Gasteiger partial charge in [-0.1, -0.05) is 11.6 Å². The van der Waals surface area contributed by atoms with E-state index in [1.165, 1.54) is 19.9 Å². The van der Waals surface area contributed by atoms with Gasteiger partial charge in [0.15, 0.2) is 0 Å². The van der Waals surface area contributed by atoms with Crippen molar-refractivity contribution < 1.29 is 19.6 Å². The fourth-order valence-corrected chi connectivity index (χ4v) is 1.43. The maximum absolute atomic E-state index is 11.9. The van der Waals surface area contributed by atoms with Gasteiger partial charge in [-0.3, -0.25) is 14.9 Å². The second-order valence-electron chi connectivity index (χ2n) is 4.30. The third-order valence-corrected chi connectivity index (χ3v) is 2.60. The monoisotopic (exact) mass is 286 g/mol. The Balaban J connectivity index is 3.16. The molecule has 0 radical (unpaired) electrons. The summed E-state index contributed by atoms with van der Waals surface area (Å²) in [6.07, 6.45) is 0. The van der Waals surface area contributed by atoms with Crippen molar-refractivity contribution in [1.29, 1.82) is 0 Å². The topological polar surface area (TPSA) is 110 Å². The third kappa shape index (κ3) is 3.41. The zero-order chi connectivity index (χ0) is 14.8. The molecule has 1 rings (SSSR count). The quantitative estimate of drug-likeness (QED) is 0.648. The highest BCUT2D eigenvalue weighted by molar-refractivity contribution is 6.31. The number of amides is 1. The molecule has 1 aromatic rings. The Hall–Kier alpha value is -2.15. The van der Waals surface area contributed by atoms with E-state index in [4.69, 9.17) is 16.7 Å². The van der Waals surface area contributed by atoms with E-state index in [1.54, 1.807) is 0 Å². The summed E-state index contributed by atoms with van der Waals surface area (Å²) in [7, 11) is 0. The molecule has 0 heterocycles. The minimum Gasteiger partial charge on any atom is -0.480 e. The predicted octanol–water partition coefficient (Wildman–Crippen LogP) is 1.84. The van der Waals surface area contributed by atoms with Gasteiger partial charge in [0.1, 0.15) is 11.1 Å². The van der Waals surface area contributed by atoms with Crippen molar-refractivity contribution in [3.63, 3.8) is 0 Å². The summed E-state index contributed by atoms with van der Waals surface area (Å²) >= 11 is 5.68. The van der Waals surface area contributed by atoms with E-state index in [2.05, 4.69) is 5.32 Å². The van der Waals surface area contributed by atoms with Crippen LogP contribution < -0.4 is 5.32 Å². The minimum atomic E-state index is -1.55. The van der Waals surface area contributed by atoms with Gasteiger partial charge in [0.2, 0.25) is 0 Å². The van der Waals surface area contributed by atoms with Crippen molar-refractivity contribution in [1.82, 2.24) is 5.32 Å². The van der Waals surface area contributed by atoms with Gasteiger partial charge in [-0.15, -0.1) is 0 Å². The lowest BCUT2D eigenvalue weighted by molar-refractivity contribution is -0.385. The van der Waals surface area contributed by atoms with Gasteiger partial charge in [-0.25, -0.2) is 4.79 Å². The molecule has 1 amide bonds. The Kier molecular flexibility index (Phi) is 4.10. The van der Waals surface area contributed by atoms with Gasteiger partial charge in [0.25, 0.3) is 11.6 Å². The van der Waals surface area contributed by atoms with E-state index in [0.717, 1.165) is 12.1 Å². The number of rotatable bonds is 4. The lowest BCUT2D eigenvalue weighted by Crippen LogP contribution is -2.49. The number of benzene rings is 1. The highest BCUT2D eigenvalue weighted by atomic mass is 35.5. The summed E-state index contributed by atoms with van der Waals surface area (Å²) in [5.41, 5.74) is -2.28. The van der Waals surface area contributed by atoms with E-state index < -0.39 is 28.0 Å². The summed E-state index contributed by atoms with van der Waals surface area (Å²) in [5, 5.41) is 22.0. The number of halogens is 1. The first kappa shape index (κ1) is 14.9. The fraction of sp³-hybridized carbons (Fsp3) is 0.273. The first-order valence-electron chi connectivity index (χ1n) is 5.15. The molecule has 0 unspecified atom stereocenters. The van der Waals surface area contributed by atoms with Gasteiger partial charge in [0.05, 0.1) is 4.92 Å². The summed E-state index contributed by atoms with van der Waals surface area (Å²) in [6, 6.07) is 3.48. The first-order chi connectivity index (χ1) is 8.65. The van der Waals surface area contributed by atoms with Gasteiger partial charge in [-0.2, -0.15) is 0 Å². The van der Waals surface area contributed by atoms with Gasteiger partial charge < -0.3 is 10.4 Å². The Bertz CT molecular complexity index is 556. The lowest BCUT2D eigenvalue weighted by Gasteiger charge is -2.20. The average molecular weight is 287 g/mol. The standard InChI is InChI=1S/C11H11ClN2O5/c1-11(2,10(16)17)13-9(15)7-5-6(12)3-4-8(7)14(18)19/h3-5H,1-2H3,(H,13,15)(H,16,17). The normalized spacial score (nSPS) is 10.9. The molecule has 0 bridgehead atoms. The van der Waals surface area contributed by atoms with Crippen LogP contribution >= 0.6 is 11.6 Å². The van der Waals surface area contributed by atoms with Crippen LogP contribution in [0.15, 0.2) is 18.2 Å². The molecule has 2 N–H and O–H groups in total. The SMILES string of the molecule is CC(C)(NC(=O)c1cc(Cl)ccc1[N+](=O)[O-])C(=O)O. The number of nitrogens with zero attached hydrogens (tertiary/aromatic N) is 1. The number of carboxylic acid groups (broad SMARTS) is 1. The van der Waals surface area contributed by atoms with Gasteiger partial charge >= 0.3 is 5.97 Å². The predicted molar refractivity (Wildman–Crippen MR) is 67.3 cm³/mol. The number of hydrogen-bond acceptors (Lipinski definition) is 4. The Morgan fingerprint density at radius 2 is 2.00 bits per heavy atom. The van der Waals surface area contributed by atoms with Crippen molar-refractivity contribution in [3.8, 4) is 0 Å². The molecular formula is C11H11ClN2O5. The van der Waals surface area contributed by atoms with E-state index in [0.29, 0.717) is 0 Å². The van der Waals surface area contributed by atoms with Crippen LogP contribution in [0, 0.1) is 10.1 Å². The minimum absolute atomic E-state index is 0.142. The van der Waals surface area contributed by atoms with Crippen molar-refractivity contribution in [3.05, 3.63) is 38.9 Å². The van der Waals surface area contributed by atoms with Crippen molar-refractivity contribution in [2.45, 2.75) is 19.4 Å². The molecule has 0 aliphatic heterocycles.